The predicted octanol–water partition coefficient (Wildman–Crippen LogP) is 5.94. The van der Waals surface area contributed by atoms with Gasteiger partial charge in [0, 0.05) is 47.1 Å². The maximum atomic E-state index is 11.8. The van der Waals surface area contributed by atoms with E-state index in [1.165, 1.54) is 4.68 Å². The van der Waals surface area contributed by atoms with E-state index in [0.717, 1.165) is 47.2 Å². The van der Waals surface area contributed by atoms with Gasteiger partial charge in [-0.2, -0.15) is 5.10 Å². The van der Waals surface area contributed by atoms with Crippen molar-refractivity contribution in [2.24, 2.45) is 0 Å². The molecule has 2 aromatic heterocycles. The minimum atomic E-state index is -0.929. The highest BCUT2D eigenvalue weighted by Gasteiger charge is 2.54. The number of aliphatic hydroxyl groups is 2. The van der Waals surface area contributed by atoms with Crippen LogP contribution in [0.3, 0.4) is 0 Å². The van der Waals surface area contributed by atoms with Gasteiger partial charge in [0.2, 0.25) is 5.88 Å². The molecule has 0 saturated heterocycles. The van der Waals surface area contributed by atoms with Crippen LogP contribution in [-0.2, 0) is 16.0 Å². The third kappa shape index (κ3) is 5.55. The lowest BCUT2D eigenvalue weighted by molar-refractivity contribution is -0.0787. The highest BCUT2D eigenvalue weighted by molar-refractivity contribution is 5.87. The summed E-state index contributed by atoms with van der Waals surface area (Å²) < 4.78 is 15.2. The highest BCUT2D eigenvalue weighted by atomic mass is 16.5. The molecule has 8 heteroatoms. The van der Waals surface area contributed by atoms with Crippen molar-refractivity contribution in [1.29, 1.82) is 0 Å². The zero-order chi connectivity index (χ0) is 30.6. The quantitative estimate of drug-likeness (QED) is 0.146. The summed E-state index contributed by atoms with van der Waals surface area (Å²) in [4.78, 5) is 0. The Morgan fingerprint density at radius 1 is 0.750 bits per heavy atom. The van der Waals surface area contributed by atoms with Gasteiger partial charge < -0.3 is 29.4 Å². The van der Waals surface area contributed by atoms with Gasteiger partial charge in [0.15, 0.2) is 0 Å². The summed E-state index contributed by atoms with van der Waals surface area (Å²) in [6, 6.07) is 27.1. The van der Waals surface area contributed by atoms with Crippen LogP contribution in [0.5, 0.6) is 5.88 Å². The van der Waals surface area contributed by atoms with Crippen LogP contribution in [-0.4, -0.2) is 68.3 Å². The monoisotopic (exact) mass is 595 g/mol. The van der Waals surface area contributed by atoms with Gasteiger partial charge in [0.05, 0.1) is 43.3 Å². The van der Waals surface area contributed by atoms with Crippen molar-refractivity contribution in [2.45, 2.75) is 57.3 Å². The zero-order valence-corrected chi connectivity index (χ0v) is 25.3. The summed E-state index contributed by atoms with van der Waals surface area (Å²) in [5, 5.41) is 40.9. The Morgan fingerprint density at radius 3 is 2.07 bits per heavy atom. The van der Waals surface area contributed by atoms with Crippen molar-refractivity contribution in [1.82, 2.24) is 14.3 Å². The van der Waals surface area contributed by atoms with Gasteiger partial charge in [-0.1, -0.05) is 80.1 Å². The summed E-state index contributed by atoms with van der Waals surface area (Å²) in [5.41, 5.74) is 5.45. The van der Waals surface area contributed by atoms with Crippen molar-refractivity contribution < 1.29 is 24.8 Å². The molecule has 3 aromatic carbocycles. The van der Waals surface area contributed by atoms with E-state index in [-0.39, 0.29) is 5.88 Å². The van der Waals surface area contributed by atoms with Crippen LogP contribution in [0.1, 0.15) is 48.4 Å². The molecule has 2 atom stereocenters. The largest absolute Gasteiger partial charge is 0.493 e. The van der Waals surface area contributed by atoms with Crippen LogP contribution < -0.4 is 0 Å². The van der Waals surface area contributed by atoms with Crippen molar-refractivity contribution in [3.05, 3.63) is 102 Å². The molecule has 1 fully saturated rings. The average molecular weight is 596 g/mol. The fourth-order valence-electron chi connectivity index (χ4n) is 6.57. The second-order valence-electron chi connectivity index (χ2n) is 11.5. The molecule has 1 aliphatic rings. The topological polar surface area (TPSA) is 102 Å². The average Bonchev–Trinajstić information content (AvgIpc) is 3.53. The fourth-order valence-corrected chi connectivity index (χ4v) is 6.57. The van der Waals surface area contributed by atoms with Crippen LogP contribution in [0.15, 0.2) is 84.9 Å². The Bertz CT molecular complexity index is 1670. The molecule has 1 aliphatic carbocycles. The number of nitrogens with zero attached hydrogens (tertiary/aromatic N) is 3. The van der Waals surface area contributed by atoms with Gasteiger partial charge in [0.1, 0.15) is 5.69 Å². The van der Waals surface area contributed by atoms with E-state index < -0.39 is 24.0 Å². The molecular formula is C36H41N3O5. The molecule has 0 spiro atoms. The zero-order valence-electron chi connectivity index (χ0n) is 25.3. The molecule has 44 heavy (non-hydrogen) atoms. The SMILES string of the molecule is CCCCOCCOCCn1c(C)c(C2C(O)C(c3c(-c4ccccc4)nn(-c4ccccc4)c3O)C2O)c2ccccc21. The second kappa shape index (κ2) is 13.4. The molecule has 2 heterocycles. The number of aromatic hydroxyl groups is 1. The first-order chi connectivity index (χ1) is 21.5. The Balaban J connectivity index is 1.29. The molecule has 0 amide bonds. The lowest BCUT2D eigenvalue weighted by atomic mass is 9.62. The van der Waals surface area contributed by atoms with E-state index in [4.69, 9.17) is 14.6 Å². The van der Waals surface area contributed by atoms with Crippen molar-refractivity contribution in [3.8, 4) is 22.8 Å². The highest BCUT2D eigenvalue weighted by Crippen LogP contribution is 2.54. The third-order valence-electron chi connectivity index (χ3n) is 8.84. The first-order valence-corrected chi connectivity index (χ1v) is 15.5. The lowest BCUT2D eigenvalue weighted by Crippen LogP contribution is -2.52. The molecule has 6 rings (SSSR count). The van der Waals surface area contributed by atoms with Crippen molar-refractivity contribution in [2.75, 3.05) is 26.4 Å². The van der Waals surface area contributed by atoms with Crippen LogP contribution in [0.25, 0.3) is 27.8 Å². The molecule has 0 radical (unpaired) electrons. The Labute approximate surface area is 258 Å². The second-order valence-corrected chi connectivity index (χ2v) is 11.5. The number of hydrogen-bond acceptors (Lipinski definition) is 6. The van der Waals surface area contributed by atoms with Gasteiger partial charge >= 0.3 is 0 Å². The fraction of sp³-hybridized carbons (Fsp3) is 0.361. The number of aliphatic hydroxyl groups excluding tert-OH is 2. The van der Waals surface area contributed by atoms with E-state index in [9.17, 15) is 15.3 Å². The molecule has 230 valence electrons. The van der Waals surface area contributed by atoms with Gasteiger partial charge in [0.25, 0.3) is 0 Å². The normalized spacial score (nSPS) is 19.8. The van der Waals surface area contributed by atoms with Gasteiger partial charge in [-0.15, -0.1) is 0 Å². The summed E-state index contributed by atoms with van der Waals surface area (Å²) >= 11 is 0. The number of ether oxygens (including phenoxy) is 2. The summed E-state index contributed by atoms with van der Waals surface area (Å²) in [6.07, 6.45) is 0.308. The maximum absolute atomic E-state index is 11.8. The van der Waals surface area contributed by atoms with Gasteiger partial charge in [-0.05, 0) is 37.1 Å². The van der Waals surface area contributed by atoms with Crippen LogP contribution in [0.2, 0.25) is 0 Å². The van der Waals surface area contributed by atoms with Crippen molar-refractivity contribution in [3.63, 3.8) is 0 Å². The first kappa shape index (κ1) is 30.1. The van der Waals surface area contributed by atoms with Crippen LogP contribution >= 0.6 is 0 Å². The molecular weight excluding hydrogens is 554 g/mol. The van der Waals surface area contributed by atoms with E-state index >= 15 is 0 Å². The van der Waals surface area contributed by atoms with E-state index in [0.29, 0.717) is 43.3 Å². The number of rotatable bonds is 13. The summed E-state index contributed by atoms with van der Waals surface area (Å²) in [7, 11) is 0. The maximum Gasteiger partial charge on any atom is 0.218 e. The minimum absolute atomic E-state index is 0.0772. The number of unbranched alkanes of at least 4 members (excludes halogenated alkanes) is 1. The van der Waals surface area contributed by atoms with E-state index in [1.54, 1.807) is 0 Å². The number of fused-ring (bicyclic) bond motifs is 1. The van der Waals surface area contributed by atoms with Crippen LogP contribution in [0, 0.1) is 6.92 Å². The standard InChI is InChI=1S/C36H41N3O5/c1-3-4-20-43-22-23-44-21-19-38-24(2)29(27-17-11-12-18-28(27)38)31-34(40)32(35(31)41)30-33(25-13-7-5-8-14-25)37-39(36(30)42)26-15-9-6-10-16-26/h5-18,31-32,34-35,40-42H,3-4,19-23H2,1-2H3. The number of benzene rings is 3. The summed E-state index contributed by atoms with van der Waals surface area (Å²) in [5.74, 6) is -1.32. The molecule has 1 saturated carbocycles. The molecule has 0 aliphatic heterocycles. The third-order valence-corrected chi connectivity index (χ3v) is 8.84. The number of hydrogen-bond donors (Lipinski definition) is 3. The first-order valence-electron chi connectivity index (χ1n) is 15.5. The van der Waals surface area contributed by atoms with E-state index in [1.807, 2.05) is 85.8 Å². The Morgan fingerprint density at radius 2 is 1.36 bits per heavy atom. The molecule has 8 nitrogen and oxygen atoms in total. The molecule has 5 aromatic rings. The Hall–Kier alpha value is -3.95. The minimum Gasteiger partial charge on any atom is -0.493 e. The van der Waals surface area contributed by atoms with Gasteiger partial charge in [-0.25, -0.2) is 4.68 Å². The molecule has 2 unspecified atom stereocenters. The predicted molar refractivity (Wildman–Crippen MR) is 171 cm³/mol. The Kier molecular flexibility index (Phi) is 9.14. The van der Waals surface area contributed by atoms with Crippen LogP contribution in [0.4, 0.5) is 0 Å². The molecule has 3 N–H and O–H groups in total. The molecule has 0 bridgehead atoms. The van der Waals surface area contributed by atoms with Gasteiger partial charge in [-0.3, -0.25) is 0 Å². The number of para-hydroxylation sites is 2. The summed E-state index contributed by atoms with van der Waals surface area (Å²) in [6.45, 7) is 7.24. The number of aromatic nitrogens is 3. The van der Waals surface area contributed by atoms with E-state index in [2.05, 4.69) is 17.6 Å². The van der Waals surface area contributed by atoms with Crippen molar-refractivity contribution >= 4 is 10.9 Å². The lowest BCUT2D eigenvalue weighted by Gasteiger charge is -2.47. The smallest absolute Gasteiger partial charge is 0.218 e.